The third kappa shape index (κ3) is 2.86. The summed E-state index contributed by atoms with van der Waals surface area (Å²) in [7, 11) is 0. The molecule has 1 aliphatic rings. The van der Waals surface area contributed by atoms with Crippen LogP contribution in [0.4, 0.5) is 10.5 Å². The van der Waals surface area contributed by atoms with Crippen LogP contribution in [0.3, 0.4) is 0 Å². The molecule has 21 heavy (non-hydrogen) atoms. The fourth-order valence-corrected chi connectivity index (χ4v) is 3.06. The van der Waals surface area contributed by atoms with Crippen molar-refractivity contribution in [3.8, 4) is 0 Å². The summed E-state index contributed by atoms with van der Waals surface area (Å²) in [6, 6.07) is 16.0. The third-order valence-electron chi connectivity index (χ3n) is 2.95. The summed E-state index contributed by atoms with van der Waals surface area (Å²) in [4.78, 5) is 26.0. The lowest BCUT2D eigenvalue weighted by molar-refractivity contribution is -0.113. The van der Waals surface area contributed by atoms with Crippen LogP contribution in [-0.4, -0.2) is 11.1 Å². The van der Waals surface area contributed by atoms with Gasteiger partial charge in [-0.05, 0) is 47.7 Å². The molecule has 0 aromatic heterocycles. The molecule has 0 bridgehead atoms. The van der Waals surface area contributed by atoms with E-state index in [1.807, 2.05) is 12.1 Å². The van der Waals surface area contributed by atoms with E-state index in [0.29, 0.717) is 15.6 Å². The summed E-state index contributed by atoms with van der Waals surface area (Å²) in [5, 5.41) is 0.297. The maximum Gasteiger partial charge on any atom is 0.298 e. The van der Waals surface area contributed by atoms with Crippen molar-refractivity contribution in [2.45, 2.75) is 0 Å². The van der Waals surface area contributed by atoms with Gasteiger partial charge in [0.1, 0.15) is 0 Å². The SMILES string of the molecule is O=C1S/C(=C/c2cccc(Cl)c2)C(=O)N1c1ccccc1. The van der Waals surface area contributed by atoms with E-state index in [9.17, 15) is 9.59 Å². The molecular weight excluding hydrogens is 306 g/mol. The van der Waals surface area contributed by atoms with Crippen molar-refractivity contribution in [2.24, 2.45) is 0 Å². The van der Waals surface area contributed by atoms with E-state index >= 15 is 0 Å². The van der Waals surface area contributed by atoms with Crippen molar-refractivity contribution < 1.29 is 9.59 Å². The summed E-state index contributed by atoms with van der Waals surface area (Å²) < 4.78 is 0. The standard InChI is InChI=1S/C16H10ClNO2S/c17-12-6-4-5-11(9-12)10-14-15(19)18(16(20)21-14)13-7-2-1-3-8-13/h1-10H/b14-10+. The van der Waals surface area contributed by atoms with E-state index in [1.54, 1.807) is 48.5 Å². The van der Waals surface area contributed by atoms with Crippen molar-refractivity contribution >= 4 is 46.3 Å². The lowest BCUT2D eigenvalue weighted by Gasteiger charge is -2.11. The Morgan fingerprint density at radius 3 is 2.48 bits per heavy atom. The van der Waals surface area contributed by atoms with Gasteiger partial charge >= 0.3 is 0 Å². The zero-order valence-corrected chi connectivity index (χ0v) is 12.4. The monoisotopic (exact) mass is 315 g/mol. The normalized spacial score (nSPS) is 16.8. The number of benzene rings is 2. The lowest BCUT2D eigenvalue weighted by atomic mass is 10.2. The quantitative estimate of drug-likeness (QED) is 0.761. The van der Waals surface area contributed by atoms with Gasteiger partial charge in [-0.2, -0.15) is 0 Å². The Morgan fingerprint density at radius 2 is 1.76 bits per heavy atom. The molecule has 1 saturated heterocycles. The molecule has 2 amide bonds. The van der Waals surface area contributed by atoms with E-state index in [0.717, 1.165) is 17.3 Å². The Morgan fingerprint density at radius 1 is 1.00 bits per heavy atom. The molecule has 0 atom stereocenters. The van der Waals surface area contributed by atoms with Gasteiger partial charge in [-0.3, -0.25) is 9.59 Å². The van der Waals surface area contributed by atoms with Gasteiger partial charge in [-0.1, -0.05) is 41.9 Å². The fraction of sp³-hybridized carbons (Fsp3) is 0. The minimum absolute atomic E-state index is 0.292. The Bertz CT molecular complexity index is 743. The van der Waals surface area contributed by atoms with E-state index in [-0.39, 0.29) is 11.1 Å². The Balaban J connectivity index is 1.94. The summed E-state index contributed by atoms with van der Waals surface area (Å²) in [5.74, 6) is -0.309. The largest absolute Gasteiger partial charge is 0.298 e. The van der Waals surface area contributed by atoms with Crippen LogP contribution < -0.4 is 4.90 Å². The lowest BCUT2D eigenvalue weighted by Crippen LogP contribution is -2.27. The first kappa shape index (κ1) is 13.9. The van der Waals surface area contributed by atoms with Crippen LogP contribution in [0.25, 0.3) is 6.08 Å². The van der Waals surface area contributed by atoms with Crippen LogP contribution in [0.15, 0.2) is 59.5 Å². The molecule has 0 saturated carbocycles. The van der Waals surface area contributed by atoms with Gasteiger partial charge in [0.25, 0.3) is 11.1 Å². The average Bonchev–Trinajstić information content (AvgIpc) is 2.74. The van der Waals surface area contributed by atoms with Crippen molar-refractivity contribution in [1.82, 2.24) is 0 Å². The topological polar surface area (TPSA) is 37.4 Å². The first-order valence-corrected chi connectivity index (χ1v) is 7.43. The molecule has 1 fully saturated rings. The number of para-hydroxylation sites is 1. The molecule has 0 spiro atoms. The first-order valence-electron chi connectivity index (χ1n) is 6.24. The first-order chi connectivity index (χ1) is 10.1. The van der Waals surface area contributed by atoms with E-state index in [4.69, 9.17) is 11.6 Å². The Kier molecular flexibility index (Phi) is 3.82. The zero-order chi connectivity index (χ0) is 14.8. The van der Waals surface area contributed by atoms with Gasteiger partial charge in [-0.25, -0.2) is 4.90 Å². The highest BCUT2D eigenvalue weighted by molar-refractivity contribution is 8.19. The number of hydrogen-bond donors (Lipinski definition) is 0. The smallest absolute Gasteiger partial charge is 0.268 e. The molecule has 1 heterocycles. The minimum atomic E-state index is -0.309. The molecule has 2 aromatic rings. The predicted molar refractivity (Wildman–Crippen MR) is 86.3 cm³/mol. The van der Waals surface area contributed by atoms with Crippen LogP contribution in [0.2, 0.25) is 5.02 Å². The molecule has 2 aromatic carbocycles. The number of halogens is 1. The highest BCUT2D eigenvalue weighted by Gasteiger charge is 2.36. The second-order valence-corrected chi connectivity index (χ2v) is 5.84. The molecule has 0 radical (unpaired) electrons. The molecule has 1 aliphatic heterocycles. The van der Waals surface area contributed by atoms with Crippen LogP contribution in [0.1, 0.15) is 5.56 Å². The number of carbonyl (C=O) groups excluding carboxylic acids is 2. The third-order valence-corrected chi connectivity index (χ3v) is 4.06. The van der Waals surface area contributed by atoms with Crippen LogP contribution in [0, 0.1) is 0 Å². The van der Waals surface area contributed by atoms with Crippen molar-refractivity contribution in [2.75, 3.05) is 4.90 Å². The number of nitrogens with zero attached hydrogens (tertiary/aromatic N) is 1. The number of carbonyl (C=O) groups is 2. The zero-order valence-electron chi connectivity index (χ0n) is 10.8. The molecule has 0 N–H and O–H groups in total. The fourth-order valence-electron chi connectivity index (χ4n) is 2.02. The number of thioether (sulfide) groups is 1. The van der Waals surface area contributed by atoms with Crippen molar-refractivity contribution in [3.05, 3.63) is 70.1 Å². The van der Waals surface area contributed by atoms with Gasteiger partial charge in [0.05, 0.1) is 10.6 Å². The highest BCUT2D eigenvalue weighted by Crippen LogP contribution is 2.35. The maximum atomic E-state index is 12.4. The van der Waals surface area contributed by atoms with Gasteiger partial charge in [0, 0.05) is 5.02 Å². The molecule has 3 rings (SSSR count). The van der Waals surface area contributed by atoms with Crippen LogP contribution in [-0.2, 0) is 4.79 Å². The Hall–Kier alpha value is -2.04. The van der Waals surface area contributed by atoms with Gasteiger partial charge in [0.2, 0.25) is 0 Å². The van der Waals surface area contributed by atoms with Gasteiger partial charge in [0.15, 0.2) is 0 Å². The number of hydrogen-bond acceptors (Lipinski definition) is 3. The summed E-state index contributed by atoms with van der Waals surface area (Å²) in [5.41, 5.74) is 1.37. The summed E-state index contributed by atoms with van der Waals surface area (Å²) in [6.45, 7) is 0. The Labute approximate surface area is 131 Å². The van der Waals surface area contributed by atoms with Crippen molar-refractivity contribution in [3.63, 3.8) is 0 Å². The van der Waals surface area contributed by atoms with Crippen LogP contribution in [0.5, 0.6) is 0 Å². The molecule has 5 heteroatoms. The number of anilines is 1. The molecule has 0 unspecified atom stereocenters. The number of rotatable bonds is 2. The highest BCUT2D eigenvalue weighted by atomic mass is 35.5. The second kappa shape index (κ2) is 5.76. The number of amides is 2. The molecule has 3 nitrogen and oxygen atoms in total. The van der Waals surface area contributed by atoms with E-state index in [1.165, 1.54) is 4.90 Å². The predicted octanol–water partition coefficient (Wildman–Crippen LogP) is 4.58. The molecular formula is C16H10ClNO2S. The van der Waals surface area contributed by atoms with E-state index < -0.39 is 0 Å². The summed E-state index contributed by atoms with van der Waals surface area (Å²) in [6.07, 6.45) is 1.68. The second-order valence-electron chi connectivity index (χ2n) is 4.41. The van der Waals surface area contributed by atoms with Gasteiger partial charge < -0.3 is 0 Å². The van der Waals surface area contributed by atoms with Gasteiger partial charge in [-0.15, -0.1) is 0 Å². The number of imide groups is 1. The van der Waals surface area contributed by atoms with Crippen molar-refractivity contribution in [1.29, 1.82) is 0 Å². The molecule has 0 aliphatic carbocycles. The van der Waals surface area contributed by atoms with Crippen LogP contribution >= 0.6 is 23.4 Å². The average molecular weight is 316 g/mol. The minimum Gasteiger partial charge on any atom is -0.268 e. The maximum absolute atomic E-state index is 12.4. The van der Waals surface area contributed by atoms with E-state index in [2.05, 4.69) is 0 Å². The molecule has 104 valence electrons. The summed E-state index contributed by atoms with van der Waals surface area (Å²) >= 11 is 6.85.